The number of rotatable bonds is 2. The third kappa shape index (κ3) is 1.72. The highest BCUT2D eigenvalue weighted by Crippen LogP contribution is 2.42. The van der Waals surface area contributed by atoms with Crippen molar-refractivity contribution in [3.05, 3.63) is 11.6 Å². The van der Waals surface area contributed by atoms with Crippen molar-refractivity contribution in [2.75, 3.05) is 7.11 Å². The van der Waals surface area contributed by atoms with E-state index in [1.54, 1.807) is 6.08 Å². The summed E-state index contributed by atoms with van der Waals surface area (Å²) in [5.41, 5.74) is 0.821. The lowest BCUT2D eigenvalue weighted by Gasteiger charge is -2.27. The third-order valence-electron chi connectivity index (χ3n) is 3.19. The predicted octanol–water partition coefficient (Wildman–Crippen LogP) is 1.72. The van der Waals surface area contributed by atoms with E-state index in [0.29, 0.717) is 0 Å². The molecule has 1 atom stereocenters. The number of carbonyl (C=O) groups is 2. The minimum absolute atomic E-state index is 0.0397. The summed E-state index contributed by atoms with van der Waals surface area (Å²) in [4.78, 5) is 22.7. The Hall–Kier alpha value is -1.12. The van der Waals surface area contributed by atoms with Crippen molar-refractivity contribution in [2.45, 2.75) is 27.2 Å². The summed E-state index contributed by atoms with van der Waals surface area (Å²) in [6, 6.07) is 0. The van der Waals surface area contributed by atoms with Gasteiger partial charge in [-0.25, -0.2) is 0 Å². The van der Waals surface area contributed by atoms with Gasteiger partial charge in [0.25, 0.3) is 0 Å². The Morgan fingerprint density at radius 2 is 2.14 bits per heavy atom. The van der Waals surface area contributed by atoms with Crippen molar-refractivity contribution in [1.29, 1.82) is 0 Å². The molecule has 78 valence electrons. The summed E-state index contributed by atoms with van der Waals surface area (Å²) < 4.78 is 4.57. The monoisotopic (exact) mass is 196 g/mol. The first-order chi connectivity index (χ1) is 6.39. The van der Waals surface area contributed by atoms with Gasteiger partial charge in [-0.3, -0.25) is 9.59 Å². The second kappa shape index (κ2) is 3.56. The Morgan fingerprint density at radius 3 is 2.50 bits per heavy atom. The third-order valence-corrected chi connectivity index (χ3v) is 3.19. The fourth-order valence-electron chi connectivity index (χ4n) is 1.74. The van der Waals surface area contributed by atoms with E-state index in [-0.39, 0.29) is 29.5 Å². The lowest BCUT2D eigenvalue weighted by molar-refractivity contribution is -0.144. The number of methoxy groups -OCH3 is 1. The number of ketones is 1. The minimum Gasteiger partial charge on any atom is -0.469 e. The first kappa shape index (κ1) is 11.0. The maximum atomic E-state index is 11.6. The summed E-state index contributed by atoms with van der Waals surface area (Å²) >= 11 is 0. The fourth-order valence-corrected chi connectivity index (χ4v) is 1.74. The smallest absolute Gasteiger partial charge is 0.306 e. The van der Waals surface area contributed by atoms with Crippen LogP contribution in [0.5, 0.6) is 0 Å². The summed E-state index contributed by atoms with van der Waals surface area (Å²) in [7, 11) is 1.34. The van der Waals surface area contributed by atoms with Gasteiger partial charge in [0.2, 0.25) is 0 Å². The van der Waals surface area contributed by atoms with Crippen LogP contribution >= 0.6 is 0 Å². The van der Waals surface area contributed by atoms with Crippen molar-refractivity contribution < 1.29 is 14.3 Å². The summed E-state index contributed by atoms with van der Waals surface area (Å²) in [6.07, 6.45) is 1.81. The highest BCUT2D eigenvalue weighted by molar-refractivity contribution is 5.98. The van der Waals surface area contributed by atoms with Gasteiger partial charge in [0.15, 0.2) is 5.78 Å². The summed E-state index contributed by atoms with van der Waals surface area (Å²) in [5, 5.41) is 0. The first-order valence-corrected chi connectivity index (χ1v) is 4.69. The quantitative estimate of drug-likeness (QED) is 0.631. The predicted molar refractivity (Wildman–Crippen MR) is 52.7 cm³/mol. The van der Waals surface area contributed by atoms with Crippen molar-refractivity contribution >= 4 is 11.8 Å². The van der Waals surface area contributed by atoms with E-state index < -0.39 is 0 Å². The molecule has 0 amide bonds. The summed E-state index contributed by atoms with van der Waals surface area (Å²) in [5.74, 6) is -0.535. The summed E-state index contributed by atoms with van der Waals surface area (Å²) in [6.45, 7) is 5.89. The number of hydrogen-bond acceptors (Lipinski definition) is 3. The molecule has 0 aliphatic heterocycles. The molecule has 0 fully saturated rings. The lowest BCUT2D eigenvalue weighted by atomic mass is 9.76. The molecule has 0 heterocycles. The molecule has 0 radical (unpaired) electrons. The Morgan fingerprint density at radius 1 is 1.57 bits per heavy atom. The van der Waals surface area contributed by atoms with Gasteiger partial charge in [0.05, 0.1) is 13.5 Å². The minimum atomic E-state index is -0.320. The second-order valence-electron chi connectivity index (χ2n) is 4.28. The van der Waals surface area contributed by atoms with Crippen molar-refractivity contribution in [2.24, 2.45) is 11.3 Å². The largest absolute Gasteiger partial charge is 0.469 e. The maximum absolute atomic E-state index is 11.6. The SMILES string of the molecule is COC(=O)C[C@H]1C(=O)C=C(C)C1(C)C. The van der Waals surface area contributed by atoms with Crippen LogP contribution in [0.25, 0.3) is 0 Å². The van der Waals surface area contributed by atoms with Crippen molar-refractivity contribution in [1.82, 2.24) is 0 Å². The van der Waals surface area contributed by atoms with Gasteiger partial charge in [0.1, 0.15) is 0 Å². The van der Waals surface area contributed by atoms with E-state index in [1.807, 2.05) is 20.8 Å². The number of carbonyl (C=O) groups excluding carboxylic acids is 2. The molecule has 1 rings (SSSR count). The van der Waals surface area contributed by atoms with Crippen LogP contribution in [-0.2, 0) is 14.3 Å². The topological polar surface area (TPSA) is 43.4 Å². The molecule has 0 saturated heterocycles. The van der Waals surface area contributed by atoms with Gasteiger partial charge >= 0.3 is 5.97 Å². The normalized spacial score (nSPS) is 24.7. The lowest BCUT2D eigenvalue weighted by Crippen LogP contribution is -2.28. The molecule has 0 spiro atoms. The fraction of sp³-hybridized carbons (Fsp3) is 0.636. The molecule has 1 aliphatic rings. The molecule has 0 saturated carbocycles. The molecular formula is C11H16O3. The van der Waals surface area contributed by atoms with Crippen molar-refractivity contribution in [3.8, 4) is 0 Å². The standard InChI is InChI=1S/C11H16O3/c1-7-5-9(12)8(11(7,2)3)6-10(13)14-4/h5,8H,6H2,1-4H3/t8-/m0/s1. The zero-order valence-corrected chi connectivity index (χ0v) is 9.09. The van der Waals surface area contributed by atoms with Crippen molar-refractivity contribution in [3.63, 3.8) is 0 Å². The molecule has 0 N–H and O–H groups in total. The highest BCUT2D eigenvalue weighted by Gasteiger charge is 2.41. The Kier molecular flexibility index (Phi) is 2.79. The van der Waals surface area contributed by atoms with Crippen LogP contribution in [0.1, 0.15) is 27.2 Å². The van der Waals surface area contributed by atoms with Gasteiger partial charge in [-0.1, -0.05) is 19.4 Å². The van der Waals surface area contributed by atoms with E-state index in [1.165, 1.54) is 7.11 Å². The molecule has 1 aliphatic carbocycles. The Balaban J connectivity index is 2.81. The Labute approximate surface area is 84.1 Å². The van der Waals surface area contributed by atoms with Gasteiger partial charge < -0.3 is 4.74 Å². The number of esters is 1. The van der Waals surface area contributed by atoms with Crippen LogP contribution in [-0.4, -0.2) is 18.9 Å². The molecule has 3 nitrogen and oxygen atoms in total. The van der Waals surface area contributed by atoms with E-state index in [9.17, 15) is 9.59 Å². The number of allylic oxidation sites excluding steroid dienone is 2. The van der Waals surface area contributed by atoms with E-state index >= 15 is 0 Å². The van der Waals surface area contributed by atoms with Crippen LogP contribution in [0, 0.1) is 11.3 Å². The second-order valence-corrected chi connectivity index (χ2v) is 4.28. The van der Waals surface area contributed by atoms with E-state index in [0.717, 1.165) is 5.57 Å². The number of hydrogen-bond donors (Lipinski definition) is 0. The zero-order valence-electron chi connectivity index (χ0n) is 9.09. The van der Waals surface area contributed by atoms with Gasteiger partial charge in [-0.15, -0.1) is 0 Å². The molecule has 0 aromatic carbocycles. The maximum Gasteiger partial charge on any atom is 0.306 e. The van der Waals surface area contributed by atoms with Crippen LogP contribution in [0.4, 0.5) is 0 Å². The van der Waals surface area contributed by atoms with E-state index in [2.05, 4.69) is 4.74 Å². The molecule has 0 bridgehead atoms. The molecular weight excluding hydrogens is 180 g/mol. The molecule has 3 heteroatoms. The highest BCUT2D eigenvalue weighted by atomic mass is 16.5. The first-order valence-electron chi connectivity index (χ1n) is 4.69. The average Bonchev–Trinajstić information content (AvgIpc) is 2.28. The van der Waals surface area contributed by atoms with Gasteiger partial charge in [0, 0.05) is 5.92 Å². The van der Waals surface area contributed by atoms with Gasteiger partial charge in [-0.05, 0) is 18.4 Å². The molecule has 0 aromatic heterocycles. The molecule has 14 heavy (non-hydrogen) atoms. The Bertz CT molecular complexity index is 300. The number of ether oxygens (including phenoxy) is 1. The van der Waals surface area contributed by atoms with E-state index in [4.69, 9.17) is 0 Å². The zero-order chi connectivity index (χ0) is 10.9. The van der Waals surface area contributed by atoms with Crippen LogP contribution < -0.4 is 0 Å². The van der Waals surface area contributed by atoms with Gasteiger partial charge in [-0.2, -0.15) is 0 Å². The molecule has 0 aromatic rings. The van der Waals surface area contributed by atoms with Crippen LogP contribution in [0.3, 0.4) is 0 Å². The average molecular weight is 196 g/mol. The molecule has 0 unspecified atom stereocenters. The van der Waals surface area contributed by atoms with Crippen LogP contribution in [0.15, 0.2) is 11.6 Å². The van der Waals surface area contributed by atoms with Crippen LogP contribution in [0.2, 0.25) is 0 Å².